The van der Waals surface area contributed by atoms with Gasteiger partial charge in [-0.2, -0.15) is 0 Å². The van der Waals surface area contributed by atoms with Crippen LogP contribution in [0.4, 0.5) is 4.79 Å². The number of aromatic nitrogens is 3. The normalized spacial score (nSPS) is 21.7. The Hall–Kier alpha value is -3.23. The van der Waals surface area contributed by atoms with Crippen LogP contribution in [-0.2, 0) is 16.0 Å². The fourth-order valence-electron chi connectivity index (χ4n) is 5.81. The van der Waals surface area contributed by atoms with Gasteiger partial charge in [0, 0.05) is 70.5 Å². The number of urea groups is 1. The second kappa shape index (κ2) is 10.2. The van der Waals surface area contributed by atoms with Gasteiger partial charge in [0.2, 0.25) is 5.91 Å². The largest absolute Gasteiger partial charge is 0.341 e. The number of hydrogen-bond donors (Lipinski definition) is 0. The summed E-state index contributed by atoms with van der Waals surface area (Å²) in [5, 5.41) is 9.30. The van der Waals surface area contributed by atoms with E-state index in [0.717, 1.165) is 35.6 Å². The van der Waals surface area contributed by atoms with E-state index in [9.17, 15) is 14.4 Å². The quantitative estimate of drug-likeness (QED) is 0.558. The molecule has 2 aromatic rings. The summed E-state index contributed by atoms with van der Waals surface area (Å²) in [4.78, 5) is 44.2. The van der Waals surface area contributed by atoms with Crippen molar-refractivity contribution in [3.05, 3.63) is 46.5 Å². The Kier molecular flexibility index (Phi) is 7.05. The van der Waals surface area contributed by atoms with E-state index in [2.05, 4.69) is 27.8 Å². The van der Waals surface area contributed by atoms with Gasteiger partial charge in [-0.3, -0.25) is 9.59 Å². The molecule has 3 heterocycles. The Morgan fingerprint density at radius 2 is 1.68 bits per heavy atom. The van der Waals surface area contributed by atoms with Gasteiger partial charge in [0.15, 0.2) is 0 Å². The van der Waals surface area contributed by atoms with Crippen molar-refractivity contribution in [1.82, 2.24) is 29.5 Å². The fourth-order valence-corrected chi connectivity index (χ4v) is 5.81. The highest BCUT2D eigenvalue weighted by Gasteiger charge is 2.46. The van der Waals surface area contributed by atoms with Gasteiger partial charge in [0.1, 0.15) is 17.4 Å². The van der Waals surface area contributed by atoms with Crippen LogP contribution in [0.15, 0.2) is 18.2 Å². The minimum absolute atomic E-state index is 0.0167. The minimum Gasteiger partial charge on any atom is -0.341 e. The van der Waals surface area contributed by atoms with Crippen LogP contribution in [0.1, 0.15) is 79.8 Å². The Bertz CT molecular complexity index is 1240. The van der Waals surface area contributed by atoms with Gasteiger partial charge in [-0.05, 0) is 51.7 Å². The number of carbonyl (C=O) groups is 3. The van der Waals surface area contributed by atoms with Gasteiger partial charge in [-0.15, -0.1) is 10.2 Å². The topological polar surface area (TPSA) is 91.6 Å². The fraction of sp³-hybridized carbons (Fsp3) is 0.621. The average Bonchev–Trinajstić information content (AvgIpc) is 3.42. The third-order valence-corrected chi connectivity index (χ3v) is 8.63. The van der Waals surface area contributed by atoms with E-state index in [-0.39, 0.29) is 41.5 Å². The van der Waals surface area contributed by atoms with Gasteiger partial charge in [-0.25, -0.2) is 4.79 Å². The first kappa shape index (κ1) is 26.4. The predicted octanol–water partition coefficient (Wildman–Crippen LogP) is 3.46. The highest BCUT2D eigenvalue weighted by atomic mass is 16.2. The second-order valence-electron chi connectivity index (χ2n) is 11.8. The van der Waals surface area contributed by atoms with E-state index in [4.69, 9.17) is 0 Å². The molecule has 1 aromatic carbocycles. The molecule has 3 aliphatic rings. The van der Waals surface area contributed by atoms with Crippen LogP contribution in [0.2, 0.25) is 0 Å². The van der Waals surface area contributed by atoms with E-state index >= 15 is 0 Å². The molecular formula is C29H40N6O3. The van der Waals surface area contributed by atoms with Crippen molar-refractivity contribution in [3.8, 4) is 0 Å². The van der Waals surface area contributed by atoms with Crippen molar-refractivity contribution in [2.45, 2.75) is 77.8 Å². The van der Waals surface area contributed by atoms with Crippen molar-refractivity contribution in [2.75, 3.05) is 33.2 Å². The van der Waals surface area contributed by atoms with Crippen molar-refractivity contribution < 1.29 is 14.4 Å². The summed E-state index contributed by atoms with van der Waals surface area (Å²) in [6.45, 7) is 11.8. The van der Waals surface area contributed by atoms with Gasteiger partial charge in [0.05, 0.1) is 5.92 Å². The van der Waals surface area contributed by atoms with Crippen LogP contribution in [-0.4, -0.2) is 86.5 Å². The van der Waals surface area contributed by atoms with Crippen LogP contribution < -0.4 is 0 Å². The minimum atomic E-state index is -0.312. The number of hydrogen-bond acceptors (Lipinski definition) is 5. The van der Waals surface area contributed by atoms with Crippen LogP contribution in [0, 0.1) is 19.8 Å². The zero-order chi connectivity index (χ0) is 27.3. The summed E-state index contributed by atoms with van der Waals surface area (Å²) >= 11 is 0. The first-order valence-corrected chi connectivity index (χ1v) is 13.9. The molecule has 0 unspecified atom stereocenters. The van der Waals surface area contributed by atoms with Gasteiger partial charge < -0.3 is 19.3 Å². The van der Waals surface area contributed by atoms with Crippen molar-refractivity contribution in [3.63, 3.8) is 0 Å². The standard InChI is InChI=1S/C29H40N6O3/c1-17(2)32(6)29(38)34-13-22(14-34)27-30-31-28(35(27)23-9-10-23)25-16-33(20(5)36)15-24(25)26(37)12-21-8-7-18(3)11-19(21)4/h7-8,11,17,22-25H,9-10,12-16H2,1-6H3/t24-,25-/m0/s1. The zero-order valence-electron chi connectivity index (χ0n) is 23.5. The lowest BCUT2D eigenvalue weighted by atomic mass is 9.87. The number of likely N-dealkylation sites (tertiary alicyclic amines) is 2. The second-order valence-corrected chi connectivity index (χ2v) is 11.8. The maximum absolute atomic E-state index is 13.7. The van der Waals surface area contributed by atoms with Crippen LogP contribution >= 0.6 is 0 Å². The van der Waals surface area contributed by atoms with E-state index < -0.39 is 0 Å². The lowest BCUT2D eigenvalue weighted by Crippen LogP contribution is -2.54. The average molecular weight is 521 g/mol. The third kappa shape index (κ3) is 4.95. The Morgan fingerprint density at radius 1 is 1.00 bits per heavy atom. The van der Waals surface area contributed by atoms with Crippen molar-refractivity contribution >= 4 is 17.7 Å². The highest BCUT2D eigenvalue weighted by molar-refractivity contribution is 5.86. The molecule has 204 valence electrons. The molecule has 3 amide bonds. The molecule has 38 heavy (non-hydrogen) atoms. The molecule has 1 aliphatic carbocycles. The van der Waals surface area contributed by atoms with Crippen LogP contribution in [0.3, 0.4) is 0 Å². The molecule has 0 bridgehead atoms. The zero-order valence-corrected chi connectivity index (χ0v) is 23.5. The van der Waals surface area contributed by atoms with Crippen molar-refractivity contribution in [1.29, 1.82) is 0 Å². The summed E-state index contributed by atoms with van der Waals surface area (Å²) in [6.07, 6.45) is 2.48. The van der Waals surface area contributed by atoms with Gasteiger partial charge in [-0.1, -0.05) is 23.8 Å². The molecule has 0 radical (unpaired) electrons. The summed E-state index contributed by atoms with van der Waals surface area (Å²) in [7, 11) is 1.83. The van der Waals surface area contributed by atoms with Gasteiger partial charge >= 0.3 is 6.03 Å². The monoisotopic (exact) mass is 520 g/mol. The number of aryl methyl sites for hydroxylation is 2. The molecule has 2 atom stereocenters. The van der Waals surface area contributed by atoms with Gasteiger partial charge in [0.25, 0.3) is 0 Å². The Morgan fingerprint density at radius 3 is 2.29 bits per heavy atom. The molecule has 2 saturated heterocycles. The van der Waals surface area contributed by atoms with Crippen LogP contribution in [0.5, 0.6) is 0 Å². The highest BCUT2D eigenvalue weighted by Crippen LogP contribution is 2.43. The Balaban J connectivity index is 1.38. The van der Waals surface area contributed by atoms with E-state index in [1.54, 1.807) is 16.7 Å². The Labute approximate surface area is 225 Å². The summed E-state index contributed by atoms with van der Waals surface area (Å²) < 4.78 is 2.25. The molecule has 0 spiro atoms. The number of nitrogens with zero attached hydrogens (tertiary/aromatic N) is 6. The number of rotatable bonds is 7. The number of ketones is 1. The summed E-state index contributed by atoms with van der Waals surface area (Å²) in [5.41, 5.74) is 3.33. The van der Waals surface area contributed by atoms with E-state index in [0.29, 0.717) is 38.6 Å². The molecule has 1 aromatic heterocycles. The lowest BCUT2D eigenvalue weighted by Gasteiger charge is -2.41. The molecule has 5 rings (SSSR count). The number of amides is 3. The predicted molar refractivity (Wildman–Crippen MR) is 144 cm³/mol. The molecule has 3 fully saturated rings. The summed E-state index contributed by atoms with van der Waals surface area (Å²) in [5.74, 6) is 1.52. The van der Waals surface area contributed by atoms with Crippen LogP contribution in [0.25, 0.3) is 0 Å². The first-order valence-electron chi connectivity index (χ1n) is 13.9. The molecule has 0 N–H and O–H groups in total. The molecule has 2 aliphatic heterocycles. The number of Topliss-reactive ketones (excluding diaryl/α,β-unsaturated/α-hetero) is 1. The maximum Gasteiger partial charge on any atom is 0.320 e. The number of benzene rings is 1. The third-order valence-electron chi connectivity index (χ3n) is 8.63. The molecule has 9 heteroatoms. The lowest BCUT2D eigenvalue weighted by molar-refractivity contribution is -0.128. The van der Waals surface area contributed by atoms with Crippen molar-refractivity contribution in [2.24, 2.45) is 5.92 Å². The maximum atomic E-state index is 13.7. The summed E-state index contributed by atoms with van der Waals surface area (Å²) in [6, 6.07) is 6.72. The molecule has 1 saturated carbocycles. The SMILES string of the molecule is CC(=O)N1C[C@H](C(=O)Cc2ccc(C)cc2C)[C@@H](c2nnc(C3CN(C(=O)N(C)C(C)C)C3)n2C2CC2)C1. The molecular weight excluding hydrogens is 480 g/mol. The number of carbonyl (C=O) groups excluding carboxylic acids is 3. The smallest absolute Gasteiger partial charge is 0.320 e. The van der Waals surface area contributed by atoms with E-state index in [1.165, 1.54) is 5.56 Å². The van der Waals surface area contributed by atoms with E-state index in [1.807, 2.05) is 44.9 Å². The first-order chi connectivity index (χ1) is 18.0. The molecule has 9 nitrogen and oxygen atoms in total.